The SMILES string of the molecule is CC1CCC(C(C(=O)O)c2cccc([N+](=O)[O-])c2N)CC1. The van der Waals surface area contributed by atoms with Gasteiger partial charge in [-0.15, -0.1) is 0 Å². The van der Waals surface area contributed by atoms with Crippen LogP contribution in [0.2, 0.25) is 0 Å². The van der Waals surface area contributed by atoms with Crippen LogP contribution in [0.15, 0.2) is 18.2 Å². The Labute approximate surface area is 123 Å². The molecule has 0 spiro atoms. The van der Waals surface area contributed by atoms with Gasteiger partial charge in [0.1, 0.15) is 5.69 Å². The summed E-state index contributed by atoms with van der Waals surface area (Å²) in [5.74, 6) is -1.12. The molecule has 1 unspecified atom stereocenters. The van der Waals surface area contributed by atoms with Crippen LogP contribution in [0.25, 0.3) is 0 Å². The number of anilines is 1. The molecule has 3 N–H and O–H groups in total. The largest absolute Gasteiger partial charge is 0.481 e. The van der Waals surface area contributed by atoms with E-state index in [0.29, 0.717) is 11.5 Å². The molecule has 1 aromatic rings. The number of carboxylic acids is 1. The third kappa shape index (κ3) is 3.15. The molecular weight excluding hydrogens is 272 g/mol. The second-order valence-corrected chi connectivity index (χ2v) is 5.87. The smallest absolute Gasteiger partial charge is 0.311 e. The molecule has 0 radical (unpaired) electrons. The molecule has 6 nitrogen and oxygen atoms in total. The molecule has 21 heavy (non-hydrogen) atoms. The molecule has 1 saturated carbocycles. The van der Waals surface area contributed by atoms with E-state index in [4.69, 9.17) is 5.73 Å². The number of aliphatic carboxylic acids is 1. The van der Waals surface area contributed by atoms with Gasteiger partial charge in [0.2, 0.25) is 0 Å². The summed E-state index contributed by atoms with van der Waals surface area (Å²) < 4.78 is 0. The van der Waals surface area contributed by atoms with E-state index in [1.165, 1.54) is 12.1 Å². The Bertz CT molecular complexity index is 551. The number of carboxylic acid groups (broad SMARTS) is 1. The monoisotopic (exact) mass is 292 g/mol. The average molecular weight is 292 g/mol. The molecule has 0 saturated heterocycles. The van der Waals surface area contributed by atoms with Crippen LogP contribution in [0.5, 0.6) is 0 Å². The lowest BCUT2D eigenvalue weighted by atomic mass is 9.73. The van der Waals surface area contributed by atoms with Crippen LogP contribution >= 0.6 is 0 Å². The molecule has 0 bridgehead atoms. The fourth-order valence-electron chi connectivity index (χ4n) is 3.21. The molecular formula is C15H20N2O4. The molecule has 1 fully saturated rings. The molecule has 1 aliphatic carbocycles. The Kier molecular flexibility index (Phi) is 4.45. The van der Waals surface area contributed by atoms with Crippen molar-refractivity contribution in [2.24, 2.45) is 11.8 Å². The quantitative estimate of drug-likeness (QED) is 0.503. The highest BCUT2D eigenvalue weighted by Crippen LogP contribution is 2.41. The van der Waals surface area contributed by atoms with Crippen molar-refractivity contribution in [1.82, 2.24) is 0 Å². The van der Waals surface area contributed by atoms with E-state index in [1.54, 1.807) is 6.07 Å². The van der Waals surface area contributed by atoms with E-state index in [9.17, 15) is 20.0 Å². The summed E-state index contributed by atoms with van der Waals surface area (Å²) in [6.45, 7) is 2.16. The van der Waals surface area contributed by atoms with E-state index >= 15 is 0 Å². The number of carbonyl (C=O) groups is 1. The minimum Gasteiger partial charge on any atom is -0.481 e. The van der Waals surface area contributed by atoms with Crippen LogP contribution in [0.3, 0.4) is 0 Å². The van der Waals surface area contributed by atoms with Crippen molar-refractivity contribution in [2.75, 3.05) is 5.73 Å². The van der Waals surface area contributed by atoms with E-state index < -0.39 is 16.8 Å². The summed E-state index contributed by atoms with van der Waals surface area (Å²) in [6.07, 6.45) is 3.62. The summed E-state index contributed by atoms with van der Waals surface area (Å²) in [6, 6.07) is 4.41. The Morgan fingerprint density at radius 1 is 1.38 bits per heavy atom. The number of nitrogens with two attached hydrogens (primary N) is 1. The van der Waals surface area contributed by atoms with Gasteiger partial charge in [-0.25, -0.2) is 0 Å². The highest BCUT2D eigenvalue weighted by Gasteiger charge is 2.34. The van der Waals surface area contributed by atoms with Crippen molar-refractivity contribution in [3.63, 3.8) is 0 Å². The summed E-state index contributed by atoms with van der Waals surface area (Å²) in [4.78, 5) is 22.1. The molecule has 1 aromatic carbocycles. The topological polar surface area (TPSA) is 106 Å². The van der Waals surface area contributed by atoms with Crippen molar-refractivity contribution in [1.29, 1.82) is 0 Å². The fraction of sp³-hybridized carbons (Fsp3) is 0.533. The number of nitrogens with zero attached hydrogens (tertiary/aromatic N) is 1. The summed E-state index contributed by atoms with van der Waals surface area (Å²) in [7, 11) is 0. The standard InChI is InChI=1S/C15H20N2O4/c1-9-5-7-10(8-6-9)13(15(18)19)11-3-2-4-12(14(11)16)17(20)21/h2-4,9-10,13H,5-8,16H2,1H3,(H,18,19). The van der Waals surface area contributed by atoms with E-state index in [0.717, 1.165) is 25.7 Å². The maximum atomic E-state index is 11.7. The van der Waals surface area contributed by atoms with Crippen LogP contribution in [0, 0.1) is 22.0 Å². The Morgan fingerprint density at radius 2 is 2.00 bits per heavy atom. The van der Waals surface area contributed by atoms with Crippen LogP contribution in [0.1, 0.15) is 44.1 Å². The molecule has 0 amide bonds. The Hall–Kier alpha value is -2.11. The Morgan fingerprint density at radius 3 is 2.52 bits per heavy atom. The second kappa shape index (κ2) is 6.11. The lowest BCUT2D eigenvalue weighted by Crippen LogP contribution is -2.26. The van der Waals surface area contributed by atoms with E-state index in [1.807, 2.05) is 0 Å². The van der Waals surface area contributed by atoms with Crippen LogP contribution in [0.4, 0.5) is 11.4 Å². The minimum atomic E-state index is -0.957. The van der Waals surface area contributed by atoms with Crippen LogP contribution in [-0.2, 0) is 4.79 Å². The molecule has 1 atom stereocenters. The van der Waals surface area contributed by atoms with Gasteiger partial charge >= 0.3 is 5.97 Å². The molecule has 114 valence electrons. The lowest BCUT2D eigenvalue weighted by Gasteiger charge is -2.31. The molecule has 0 aliphatic heterocycles. The third-order valence-electron chi connectivity index (χ3n) is 4.45. The first-order chi connectivity index (χ1) is 9.91. The zero-order chi connectivity index (χ0) is 15.6. The van der Waals surface area contributed by atoms with Gasteiger partial charge in [-0.3, -0.25) is 14.9 Å². The van der Waals surface area contributed by atoms with Gasteiger partial charge < -0.3 is 10.8 Å². The summed E-state index contributed by atoms with van der Waals surface area (Å²) in [5, 5.41) is 20.5. The predicted molar refractivity (Wildman–Crippen MR) is 79.0 cm³/mol. The zero-order valence-corrected chi connectivity index (χ0v) is 12.0. The second-order valence-electron chi connectivity index (χ2n) is 5.87. The number of rotatable bonds is 4. The number of hydrogen-bond acceptors (Lipinski definition) is 4. The molecule has 0 heterocycles. The van der Waals surface area contributed by atoms with Crippen molar-refractivity contribution < 1.29 is 14.8 Å². The van der Waals surface area contributed by atoms with Gasteiger partial charge in [-0.05, 0) is 30.2 Å². The highest BCUT2D eigenvalue weighted by molar-refractivity contribution is 5.81. The molecule has 6 heteroatoms. The first-order valence-electron chi connectivity index (χ1n) is 7.17. The number of nitrogen functional groups attached to an aromatic ring is 1. The first kappa shape index (κ1) is 15.3. The van der Waals surface area contributed by atoms with Gasteiger partial charge in [-0.2, -0.15) is 0 Å². The minimum absolute atomic E-state index is 0.0111. The van der Waals surface area contributed by atoms with Crippen LogP contribution in [-0.4, -0.2) is 16.0 Å². The summed E-state index contributed by atoms with van der Waals surface area (Å²) in [5.41, 5.74) is 5.98. The molecule has 1 aliphatic rings. The zero-order valence-electron chi connectivity index (χ0n) is 12.0. The van der Waals surface area contributed by atoms with E-state index in [-0.39, 0.29) is 17.3 Å². The lowest BCUT2D eigenvalue weighted by molar-refractivity contribution is -0.384. The highest BCUT2D eigenvalue weighted by atomic mass is 16.6. The first-order valence-corrected chi connectivity index (χ1v) is 7.17. The van der Waals surface area contributed by atoms with Crippen molar-refractivity contribution in [3.05, 3.63) is 33.9 Å². The number of nitro benzene ring substituents is 1. The predicted octanol–water partition coefficient (Wildman–Crippen LogP) is 3.17. The normalized spacial score (nSPS) is 23.5. The van der Waals surface area contributed by atoms with Crippen LogP contribution < -0.4 is 5.73 Å². The maximum absolute atomic E-state index is 11.7. The fourth-order valence-corrected chi connectivity index (χ4v) is 3.21. The number of para-hydroxylation sites is 1. The van der Waals surface area contributed by atoms with Crippen molar-refractivity contribution >= 4 is 17.3 Å². The van der Waals surface area contributed by atoms with Crippen molar-refractivity contribution in [2.45, 2.75) is 38.5 Å². The maximum Gasteiger partial charge on any atom is 0.311 e. The Balaban J connectivity index is 2.37. The van der Waals surface area contributed by atoms with Gasteiger partial charge in [0.05, 0.1) is 10.8 Å². The van der Waals surface area contributed by atoms with Gasteiger partial charge in [0.25, 0.3) is 5.69 Å². The average Bonchev–Trinajstić information content (AvgIpc) is 2.42. The van der Waals surface area contributed by atoms with Gasteiger partial charge in [0.15, 0.2) is 0 Å². The number of nitro groups is 1. The summed E-state index contributed by atoms with van der Waals surface area (Å²) >= 11 is 0. The van der Waals surface area contributed by atoms with Gasteiger partial charge in [-0.1, -0.05) is 31.9 Å². The van der Waals surface area contributed by atoms with Gasteiger partial charge in [0, 0.05) is 6.07 Å². The van der Waals surface area contributed by atoms with Crippen molar-refractivity contribution in [3.8, 4) is 0 Å². The number of benzene rings is 1. The molecule has 0 aromatic heterocycles. The van der Waals surface area contributed by atoms with E-state index in [2.05, 4.69) is 6.92 Å². The number of hydrogen-bond donors (Lipinski definition) is 2. The molecule has 2 rings (SSSR count). The third-order valence-corrected chi connectivity index (χ3v) is 4.45.